The number of unbranched alkanes of at least 4 members (excludes halogenated alkanes) is 4. The van der Waals surface area contributed by atoms with Gasteiger partial charge >= 0.3 is 29.6 Å². The Kier molecular flexibility index (Phi) is 11.7. The van der Waals surface area contributed by atoms with Crippen LogP contribution >= 0.6 is 0 Å². The summed E-state index contributed by atoms with van der Waals surface area (Å²) in [6, 6.07) is 6.36. The van der Waals surface area contributed by atoms with Gasteiger partial charge in [-0.3, -0.25) is 0 Å². The molecule has 0 saturated carbocycles. The zero-order chi connectivity index (χ0) is 16.6. The van der Waals surface area contributed by atoms with E-state index in [9.17, 15) is 13.0 Å². The summed E-state index contributed by atoms with van der Waals surface area (Å²) < 4.78 is 32.7. The van der Waals surface area contributed by atoms with Crippen molar-refractivity contribution in [1.82, 2.24) is 0 Å². The van der Waals surface area contributed by atoms with E-state index in [2.05, 4.69) is 20.8 Å². The second kappa shape index (κ2) is 11.6. The summed E-state index contributed by atoms with van der Waals surface area (Å²) in [5, 5.41) is 0. The maximum absolute atomic E-state index is 10.9. The molecule has 5 heteroatoms. The molecule has 0 heterocycles. The third-order valence-corrected chi connectivity index (χ3v) is 5.01. The first kappa shape index (κ1) is 23.1. The van der Waals surface area contributed by atoms with Crippen LogP contribution < -0.4 is 29.6 Å². The SMILES string of the molecule is CC(C)CCCCCCCC(C)c1ccc(S(=O)(=O)[O-])cc1.[Na+]. The number of benzene rings is 1. The maximum Gasteiger partial charge on any atom is 1.00 e. The van der Waals surface area contributed by atoms with Crippen LogP contribution in [0, 0.1) is 5.92 Å². The Bertz CT molecular complexity index is 524. The van der Waals surface area contributed by atoms with E-state index >= 15 is 0 Å². The van der Waals surface area contributed by atoms with Crippen LogP contribution in [0.4, 0.5) is 0 Å². The van der Waals surface area contributed by atoms with Gasteiger partial charge in [0.25, 0.3) is 0 Å². The van der Waals surface area contributed by atoms with Gasteiger partial charge in [-0.15, -0.1) is 0 Å². The number of hydrogen-bond donors (Lipinski definition) is 0. The van der Waals surface area contributed by atoms with E-state index < -0.39 is 10.1 Å². The molecule has 1 unspecified atom stereocenters. The van der Waals surface area contributed by atoms with Gasteiger partial charge in [0.2, 0.25) is 0 Å². The summed E-state index contributed by atoms with van der Waals surface area (Å²) in [6.07, 6.45) is 8.84. The van der Waals surface area contributed by atoms with Gasteiger partial charge in [-0.2, -0.15) is 0 Å². The first-order chi connectivity index (χ1) is 10.3. The fourth-order valence-corrected chi connectivity index (χ4v) is 3.13. The molecular formula is C18H29NaO3S. The summed E-state index contributed by atoms with van der Waals surface area (Å²) >= 11 is 0. The van der Waals surface area contributed by atoms with Crippen molar-refractivity contribution in [3.63, 3.8) is 0 Å². The third kappa shape index (κ3) is 9.88. The van der Waals surface area contributed by atoms with E-state index in [4.69, 9.17) is 0 Å². The molecule has 0 spiro atoms. The predicted molar refractivity (Wildman–Crippen MR) is 90.0 cm³/mol. The molecule has 0 aliphatic carbocycles. The molecule has 126 valence electrons. The van der Waals surface area contributed by atoms with Crippen LogP contribution in [-0.2, 0) is 10.1 Å². The topological polar surface area (TPSA) is 57.2 Å². The minimum atomic E-state index is -4.33. The van der Waals surface area contributed by atoms with Gasteiger partial charge in [0.15, 0.2) is 0 Å². The van der Waals surface area contributed by atoms with Crippen LogP contribution in [0.25, 0.3) is 0 Å². The minimum absolute atomic E-state index is 0. The minimum Gasteiger partial charge on any atom is -0.744 e. The summed E-state index contributed by atoms with van der Waals surface area (Å²) in [4.78, 5) is -0.145. The zero-order valence-corrected chi connectivity index (χ0v) is 17.9. The normalized spacial score (nSPS) is 12.9. The summed E-state index contributed by atoms with van der Waals surface area (Å²) in [7, 11) is -4.33. The average Bonchev–Trinajstić information content (AvgIpc) is 2.45. The average molecular weight is 348 g/mol. The van der Waals surface area contributed by atoms with E-state index in [1.807, 2.05) is 0 Å². The molecule has 1 rings (SSSR count). The van der Waals surface area contributed by atoms with Crippen molar-refractivity contribution in [3.8, 4) is 0 Å². The van der Waals surface area contributed by atoms with Crippen LogP contribution in [0.15, 0.2) is 29.2 Å². The van der Waals surface area contributed by atoms with Crippen molar-refractivity contribution in [1.29, 1.82) is 0 Å². The monoisotopic (exact) mass is 348 g/mol. The van der Waals surface area contributed by atoms with E-state index in [1.165, 1.54) is 50.7 Å². The largest absolute Gasteiger partial charge is 1.00 e. The molecule has 0 radical (unpaired) electrons. The molecule has 0 saturated heterocycles. The van der Waals surface area contributed by atoms with Gasteiger partial charge in [-0.1, -0.05) is 71.4 Å². The van der Waals surface area contributed by atoms with Gasteiger partial charge in [-0.05, 0) is 36.0 Å². The van der Waals surface area contributed by atoms with Crippen LogP contribution in [-0.4, -0.2) is 13.0 Å². The van der Waals surface area contributed by atoms with E-state index in [0.29, 0.717) is 5.92 Å². The molecule has 1 atom stereocenters. The second-order valence-electron chi connectivity index (χ2n) is 6.66. The van der Waals surface area contributed by atoms with Crippen LogP contribution in [0.5, 0.6) is 0 Å². The smallest absolute Gasteiger partial charge is 0.744 e. The van der Waals surface area contributed by atoms with Gasteiger partial charge < -0.3 is 4.55 Å². The third-order valence-electron chi connectivity index (χ3n) is 4.16. The molecule has 0 fully saturated rings. The van der Waals surface area contributed by atoms with E-state index in [0.717, 1.165) is 17.9 Å². The van der Waals surface area contributed by atoms with Gasteiger partial charge in [0.05, 0.1) is 4.90 Å². The number of hydrogen-bond acceptors (Lipinski definition) is 3. The van der Waals surface area contributed by atoms with Crippen molar-refractivity contribution in [2.24, 2.45) is 5.92 Å². The first-order valence-electron chi connectivity index (χ1n) is 8.36. The van der Waals surface area contributed by atoms with Crippen LogP contribution in [0.1, 0.15) is 77.2 Å². The van der Waals surface area contributed by atoms with Crippen LogP contribution in [0.2, 0.25) is 0 Å². The Morgan fingerprint density at radius 2 is 1.35 bits per heavy atom. The summed E-state index contributed by atoms with van der Waals surface area (Å²) in [5.41, 5.74) is 1.10. The fourth-order valence-electron chi connectivity index (χ4n) is 2.66. The van der Waals surface area contributed by atoms with Gasteiger partial charge in [0, 0.05) is 0 Å². The Labute approximate surface area is 164 Å². The second-order valence-corrected chi connectivity index (χ2v) is 8.04. The van der Waals surface area contributed by atoms with E-state index in [-0.39, 0.29) is 34.5 Å². The summed E-state index contributed by atoms with van der Waals surface area (Å²) in [6.45, 7) is 6.69. The molecule has 3 nitrogen and oxygen atoms in total. The molecular weight excluding hydrogens is 319 g/mol. The first-order valence-corrected chi connectivity index (χ1v) is 9.77. The predicted octanol–water partition coefficient (Wildman–Crippen LogP) is 2.08. The Morgan fingerprint density at radius 3 is 1.83 bits per heavy atom. The van der Waals surface area contributed by atoms with Gasteiger partial charge in [-0.25, -0.2) is 8.42 Å². The Morgan fingerprint density at radius 1 is 0.870 bits per heavy atom. The van der Waals surface area contributed by atoms with Crippen molar-refractivity contribution in [2.45, 2.75) is 76.5 Å². The Hall–Kier alpha value is 0.130. The van der Waals surface area contributed by atoms with Gasteiger partial charge in [0.1, 0.15) is 10.1 Å². The molecule has 0 aliphatic heterocycles. The molecule has 0 amide bonds. The van der Waals surface area contributed by atoms with Crippen molar-refractivity contribution in [3.05, 3.63) is 29.8 Å². The molecule has 0 aliphatic rings. The van der Waals surface area contributed by atoms with Crippen molar-refractivity contribution < 1.29 is 42.5 Å². The van der Waals surface area contributed by atoms with E-state index in [1.54, 1.807) is 12.1 Å². The van der Waals surface area contributed by atoms with Crippen molar-refractivity contribution in [2.75, 3.05) is 0 Å². The van der Waals surface area contributed by atoms with Crippen molar-refractivity contribution >= 4 is 10.1 Å². The zero-order valence-electron chi connectivity index (χ0n) is 15.0. The Balaban J connectivity index is 0.00000484. The maximum atomic E-state index is 10.9. The number of rotatable bonds is 10. The fraction of sp³-hybridized carbons (Fsp3) is 0.667. The molecule has 1 aromatic rings. The summed E-state index contributed by atoms with van der Waals surface area (Å²) in [5.74, 6) is 1.21. The molecule has 1 aromatic carbocycles. The molecule has 0 bridgehead atoms. The standard InChI is InChI=1S/C18H30O3S.Na/c1-15(2)9-7-5-4-6-8-10-16(3)17-11-13-18(14-12-17)22(19,20)21;/h11-16H,4-10H2,1-3H3,(H,19,20,21);/q;+1/p-1. The molecule has 0 aromatic heterocycles. The van der Waals surface area contributed by atoms with Crippen LogP contribution in [0.3, 0.4) is 0 Å². The molecule has 23 heavy (non-hydrogen) atoms. The quantitative estimate of drug-likeness (QED) is 0.370. The molecule has 0 N–H and O–H groups in total.